The second kappa shape index (κ2) is 6.79. The molecule has 21 heavy (non-hydrogen) atoms. The van der Waals surface area contributed by atoms with Crippen molar-refractivity contribution in [3.8, 4) is 11.5 Å². The van der Waals surface area contributed by atoms with Crippen LogP contribution in [0.1, 0.15) is 12.5 Å². The van der Waals surface area contributed by atoms with Gasteiger partial charge in [-0.2, -0.15) is 0 Å². The summed E-state index contributed by atoms with van der Waals surface area (Å²) in [4.78, 5) is 12.1. The molecule has 4 heteroatoms. The van der Waals surface area contributed by atoms with Gasteiger partial charge in [0.2, 0.25) is 0 Å². The van der Waals surface area contributed by atoms with Gasteiger partial charge in [-0.15, -0.1) is 0 Å². The van der Waals surface area contributed by atoms with Crippen molar-refractivity contribution in [3.05, 3.63) is 54.1 Å². The van der Waals surface area contributed by atoms with Crippen LogP contribution < -0.4 is 14.8 Å². The number of carbonyl (C=O) groups is 1. The highest BCUT2D eigenvalue weighted by molar-refractivity contribution is 5.94. The van der Waals surface area contributed by atoms with E-state index >= 15 is 0 Å². The average Bonchev–Trinajstić information content (AvgIpc) is 2.50. The van der Waals surface area contributed by atoms with Gasteiger partial charge in [0.15, 0.2) is 6.10 Å². The van der Waals surface area contributed by atoms with Gasteiger partial charge in [0.05, 0.1) is 7.11 Å². The minimum atomic E-state index is -0.585. The standard InChI is InChI=1S/C17H19NO3/c1-12-6-4-5-7-16(12)18-17(19)13(2)21-15-10-8-14(20-3)9-11-15/h4-11,13H,1-3H3,(H,18,19). The van der Waals surface area contributed by atoms with E-state index in [-0.39, 0.29) is 5.91 Å². The van der Waals surface area contributed by atoms with Crippen molar-refractivity contribution in [2.45, 2.75) is 20.0 Å². The number of ether oxygens (including phenoxy) is 2. The van der Waals surface area contributed by atoms with Crippen molar-refractivity contribution in [1.29, 1.82) is 0 Å². The number of anilines is 1. The molecule has 0 heterocycles. The molecular formula is C17H19NO3. The molecule has 0 saturated carbocycles. The van der Waals surface area contributed by atoms with Crippen LogP contribution >= 0.6 is 0 Å². The van der Waals surface area contributed by atoms with Gasteiger partial charge in [0, 0.05) is 5.69 Å². The molecule has 2 rings (SSSR count). The molecule has 0 spiro atoms. The van der Waals surface area contributed by atoms with Gasteiger partial charge in [0.25, 0.3) is 5.91 Å². The Morgan fingerprint density at radius 1 is 1.05 bits per heavy atom. The molecule has 2 aromatic carbocycles. The quantitative estimate of drug-likeness (QED) is 0.915. The molecule has 110 valence electrons. The molecule has 0 aromatic heterocycles. The lowest BCUT2D eigenvalue weighted by Gasteiger charge is -2.16. The van der Waals surface area contributed by atoms with Crippen molar-refractivity contribution in [2.75, 3.05) is 12.4 Å². The van der Waals surface area contributed by atoms with E-state index in [9.17, 15) is 4.79 Å². The maximum absolute atomic E-state index is 12.1. The van der Waals surface area contributed by atoms with E-state index in [0.29, 0.717) is 5.75 Å². The van der Waals surface area contributed by atoms with Crippen LogP contribution in [0.2, 0.25) is 0 Å². The van der Waals surface area contributed by atoms with E-state index in [4.69, 9.17) is 9.47 Å². The monoisotopic (exact) mass is 285 g/mol. The number of aryl methyl sites for hydroxylation is 1. The van der Waals surface area contributed by atoms with Crippen LogP contribution in [-0.4, -0.2) is 19.1 Å². The van der Waals surface area contributed by atoms with Crippen LogP contribution in [0.4, 0.5) is 5.69 Å². The third-order valence-corrected chi connectivity index (χ3v) is 3.14. The number of amides is 1. The van der Waals surface area contributed by atoms with E-state index in [1.165, 1.54) is 0 Å². The second-order valence-corrected chi connectivity index (χ2v) is 4.74. The number of methoxy groups -OCH3 is 1. The van der Waals surface area contributed by atoms with E-state index in [2.05, 4.69) is 5.32 Å². The topological polar surface area (TPSA) is 47.6 Å². The normalized spacial score (nSPS) is 11.6. The summed E-state index contributed by atoms with van der Waals surface area (Å²) in [6, 6.07) is 14.8. The van der Waals surface area contributed by atoms with Gasteiger partial charge in [-0.05, 0) is 49.7 Å². The van der Waals surface area contributed by atoms with Gasteiger partial charge in [-0.1, -0.05) is 18.2 Å². The largest absolute Gasteiger partial charge is 0.497 e. The second-order valence-electron chi connectivity index (χ2n) is 4.74. The molecule has 0 saturated heterocycles. The van der Waals surface area contributed by atoms with E-state index in [1.54, 1.807) is 38.3 Å². The molecule has 1 N–H and O–H groups in total. The highest BCUT2D eigenvalue weighted by atomic mass is 16.5. The van der Waals surface area contributed by atoms with Crippen molar-refractivity contribution in [3.63, 3.8) is 0 Å². The first kappa shape index (κ1) is 14.9. The number of hydrogen-bond acceptors (Lipinski definition) is 3. The number of carbonyl (C=O) groups excluding carboxylic acids is 1. The predicted octanol–water partition coefficient (Wildman–Crippen LogP) is 3.41. The Balaban J connectivity index is 1.97. The third-order valence-electron chi connectivity index (χ3n) is 3.14. The maximum Gasteiger partial charge on any atom is 0.265 e. The highest BCUT2D eigenvalue weighted by Crippen LogP contribution is 2.19. The van der Waals surface area contributed by atoms with Crippen molar-refractivity contribution in [2.24, 2.45) is 0 Å². The number of benzene rings is 2. The van der Waals surface area contributed by atoms with Gasteiger partial charge in [-0.3, -0.25) is 4.79 Å². The van der Waals surface area contributed by atoms with Crippen molar-refractivity contribution in [1.82, 2.24) is 0 Å². The Morgan fingerprint density at radius 2 is 1.67 bits per heavy atom. The first-order chi connectivity index (χ1) is 10.1. The Morgan fingerprint density at radius 3 is 2.29 bits per heavy atom. The molecule has 1 amide bonds. The van der Waals surface area contributed by atoms with Gasteiger partial charge < -0.3 is 14.8 Å². The summed E-state index contributed by atoms with van der Waals surface area (Å²) in [7, 11) is 1.61. The summed E-state index contributed by atoms with van der Waals surface area (Å²) in [5.41, 5.74) is 1.81. The lowest BCUT2D eigenvalue weighted by atomic mass is 10.2. The number of nitrogens with one attached hydrogen (secondary N) is 1. The lowest BCUT2D eigenvalue weighted by Crippen LogP contribution is -2.30. The summed E-state index contributed by atoms with van der Waals surface area (Å²) < 4.78 is 10.7. The first-order valence-corrected chi connectivity index (χ1v) is 6.77. The Labute approximate surface area is 124 Å². The molecule has 2 aromatic rings. The molecule has 0 aliphatic heterocycles. The summed E-state index contributed by atoms with van der Waals surface area (Å²) in [5, 5.41) is 2.86. The molecule has 0 aliphatic rings. The number of hydrogen-bond donors (Lipinski definition) is 1. The summed E-state index contributed by atoms with van der Waals surface area (Å²) in [6.45, 7) is 3.67. The Bertz CT molecular complexity index is 608. The first-order valence-electron chi connectivity index (χ1n) is 6.77. The SMILES string of the molecule is COc1ccc(OC(C)C(=O)Nc2ccccc2C)cc1. The molecule has 0 aliphatic carbocycles. The summed E-state index contributed by atoms with van der Waals surface area (Å²) >= 11 is 0. The van der Waals surface area contributed by atoms with Crippen molar-refractivity contribution < 1.29 is 14.3 Å². The van der Waals surface area contributed by atoms with Gasteiger partial charge in [0.1, 0.15) is 11.5 Å². The van der Waals surface area contributed by atoms with E-state index < -0.39 is 6.10 Å². The zero-order chi connectivity index (χ0) is 15.2. The molecule has 0 fully saturated rings. The molecule has 4 nitrogen and oxygen atoms in total. The van der Waals surface area contributed by atoms with Crippen LogP contribution in [0.15, 0.2) is 48.5 Å². The zero-order valence-electron chi connectivity index (χ0n) is 12.4. The highest BCUT2D eigenvalue weighted by Gasteiger charge is 2.15. The third kappa shape index (κ3) is 3.99. The minimum Gasteiger partial charge on any atom is -0.497 e. The van der Waals surface area contributed by atoms with Gasteiger partial charge in [-0.25, -0.2) is 0 Å². The smallest absolute Gasteiger partial charge is 0.265 e. The maximum atomic E-state index is 12.1. The van der Waals surface area contributed by atoms with Crippen LogP contribution in [0, 0.1) is 6.92 Å². The summed E-state index contributed by atoms with van der Waals surface area (Å²) in [5.74, 6) is 1.20. The summed E-state index contributed by atoms with van der Waals surface area (Å²) in [6.07, 6.45) is -0.585. The Hall–Kier alpha value is -2.49. The molecule has 1 unspecified atom stereocenters. The number of rotatable bonds is 5. The van der Waals surface area contributed by atoms with Crippen LogP contribution in [0.5, 0.6) is 11.5 Å². The van der Waals surface area contributed by atoms with Crippen LogP contribution in [0.25, 0.3) is 0 Å². The fourth-order valence-electron chi connectivity index (χ4n) is 1.86. The van der Waals surface area contributed by atoms with Crippen LogP contribution in [-0.2, 0) is 4.79 Å². The predicted molar refractivity (Wildman–Crippen MR) is 82.9 cm³/mol. The van der Waals surface area contributed by atoms with Crippen molar-refractivity contribution >= 4 is 11.6 Å². The molecular weight excluding hydrogens is 266 g/mol. The number of para-hydroxylation sites is 1. The zero-order valence-corrected chi connectivity index (χ0v) is 12.4. The van der Waals surface area contributed by atoms with Crippen LogP contribution in [0.3, 0.4) is 0 Å². The fraction of sp³-hybridized carbons (Fsp3) is 0.235. The minimum absolute atomic E-state index is 0.180. The van der Waals surface area contributed by atoms with E-state index in [1.807, 2.05) is 31.2 Å². The molecule has 0 bridgehead atoms. The fourth-order valence-corrected chi connectivity index (χ4v) is 1.86. The molecule has 0 radical (unpaired) electrons. The average molecular weight is 285 g/mol. The van der Waals surface area contributed by atoms with E-state index in [0.717, 1.165) is 17.0 Å². The van der Waals surface area contributed by atoms with Gasteiger partial charge >= 0.3 is 0 Å². The Kier molecular flexibility index (Phi) is 4.82. The lowest BCUT2D eigenvalue weighted by molar-refractivity contribution is -0.122. The molecule has 1 atom stereocenters.